The van der Waals surface area contributed by atoms with Gasteiger partial charge < -0.3 is 9.88 Å². The summed E-state index contributed by atoms with van der Waals surface area (Å²) in [5.74, 6) is 1.81. The number of nitrogens with zero attached hydrogens (tertiary/aromatic N) is 4. The molecule has 0 unspecified atom stereocenters. The minimum absolute atomic E-state index is 0.114. The number of amides is 1. The van der Waals surface area contributed by atoms with E-state index < -0.39 is 5.54 Å². The van der Waals surface area contributed by atoms with Crippen molar-refractivity contribution in [2.24, 2.45) is 0 Å². The molecule has 0 spiro atoms. The van der Waals surface area contributed by atoms with Gasteiger partial charge in [-0.2, -0.15) is 5.26 Å². The van der Waals surface area contributed by atoms with Crippen LogP contribution in [-0.2, 0) is 24.3 Å². The molecule has 2 aliphatic rings. The molecule has 24 heavy (non-hydrogen) atoms. The number of aromatic nitrogens is 3. The monoisotopic (exact) mass is 330 g/mol. The van der Waals surface area contributed by atoms with Crippen LogP contribution in [0.4, 0.5) is 0 Å². The molecule has 3 rings (SSSR count). The van der Waals surface area contributed by atoms with E-state index in [0.29, 0.717) is 6.54 Å². The first kappa shape index (κ1) is 16.9. The van der Waals surface area contributed by atoms with Gasteiger partial charge in [-0.1, -0.05) is 19.3 Å². The van der Waals surface area contributed by atoms with Crippen LogP contribution in [0.5, 0.6) is 0 Å². The smallest absolute Gasteiger partial charge is 0.238 e. The lowest BCUT2D eigenvalue weighted by atomic mass is 9.82. The predicted molar refractivity (Wildman–Crippen MR) is 88.8 cm³/mol. The Bertz CT molecular complexity index is 626. The molecule has 7 nitrogen and oxygen atoms in total. The lowest BCUT2D eigenvalue weighted by molar-refractivity contribution is -0.124. The predicted octanol–water partition coefficient (Wildman–Crippen LogP) is 1.44. The summed E-state index contributed by atoms with van der Waals surface area (Å²) in [6, 6.07) is 1.96. The molecule has 1 atom stereocenters. The van der Waals surface area contributed by atoms with E-state index in [1.54, 1.807) is 0 Å². The third-order valence-corrected chi connectivity index (χ3v) is 5.18. The van der Waals surface area contributed by atoms with Crippen LogP contribution in [0.3, 0.4) is 0 Å². The van der Waals surface area contributed by atoms with Crippen molar-refractivity contribution in [3.8, 4) is 6.07 Å². The number of nitrogens with one attached hydrogen (secondary N) is 2. The zero-order valence-corrected chi connectivity index (χ0v) is 14.3. The zero-order valence-electron chi connectivity index (χ0n) is 14.3. The summed E-state index contributed by atoms with van der Waals surface area (Å²) < 4.78 is 2.15. The van der Waals surface area contributed by atoms with E-state index in [2.05, 4.69) is 31.5 Å². The van der Waals surface area contributed by atoms with Crippen molar-refractivity contribution in [2.75, 3.05) is 0 Å². The molecule has 0 aromatic carbocycles. The van der Waals surface area contributed by atoms with Gasteiger partial charge in [0.05, 0.1) is 18.7 Å². The number of fused-ring (bicyclic) bond motifs is 1. The van der Waals surface area contributed by atoms with Gasteiger partial charge in [0.2, 0.25) is 5.91 Å². The lowest BCUT2D eigenvalue weighted by Crippen LogP contribution is -2.54. The Morgan fingerprint density at radius 2 is 2.08 bits per heavy atom. The number of carbonyl (C=O) groups is 1. The maximum Gasteiger partial charge on any atom is 0.238 e. The van der Waals surface area contributed by atoms with Crippen molar-refractivity contribution in [2.45, 2.75) is 83.0 Å². The fraction of sp³-hybridized carbons (Fsp3) is 0.765. The second-order valence-corrected chi connectivity index (χ2v) is 6.99. The summed E-state index contributed by atoms with van der Waals surface area (Å²) in [6.07, 6.45) is 7.95. The fourth-order valence-electron chi connectivity index (χ4n) is 3.60. The molecule has 2 heterocycles. The molecule has 1 amide bonds. The average Bonchev–Trinajstić information content (AvgIpc) is 3.03. The number of hydrogen-bond donors (Lipinski definition) is 2. The Morgan fingerprint density at radius 1 is 1.29 bits per heavy atom. The van der Waals surface area contributed by atoms with E-state index in [4.69, 9.17) is 0 Å². The summed E-state index contributed by atoms with van der Waals surface area (Å²) in [6.45, 7) is 3.30. The second-order valence-electron chi connectivity index (χ2n) is 6.99. The van der Waals surface area contributed by atoms with Crippen LogP contribution in [0, 0.1) is 11.3 Å². The highest BCUT2D eigenvalue weighted by Gasteiger charge is 2.34. The third-order valence-electron chi connectivity index (χ3n) is 5.18. The molecule has 7 heteroatoms. The molecule has 0 radical (unpaired) electrons. The summed E-state index contributed by atoms with van der Waals surface area (Å²) in [5.41, 5.74) is -0.681. The van der Waals surface area contributed by atoms with Crippen LogP contribution in [0.15, 0.2) is 0 Å². The van der Waals surface area contributed by atoms with Crippen LogP contribution >= 0.6 is 0 Å². The van der Waals surface area contributed by atoms with E-state index in [-0.39, 0.29) is 11.9 Å². The SMILES string of the molecule is C[C@@H](NCc1nnc2n1CCCC2)C(=O)NC1(C#N)CCCCC1. The first-order valence-electron chi connectivity index (χ1n) is 9.01. The maximum absolute atomic E-state index is 12.5. The van der Waals surface area contributed by atoms with E-state index in [0.717, 1.165) is 63.1 Å². The number of carbonyl (C=O) groups excluding carboxylic acids is 1. The summed E-state index contributed by atoms with van der Waals surface area (Å²) in [5, 5.41) is 24.1. The molecule has 1 saturated carbocycles. The Kier molecular flexibility index (Phi) is 5.14. The molecule has 0 saturated heterocycles. The standard InChI is InChI=1S/C17H26N6O/c1-13(16(24)20-17(12-18)8-4-2-5-9-17)19-11-15-22-21-14-7-3-6-10-23(14)15/h13,19H,2-11H2,1H3,(H,20,24)/t13-/m1/s1. The topological polar surface area (TPSA) is 95.6 Å². The fourth-order valence-corrected chi connectivity index (χ4v) is 3.60. The molecule has 0 bridgehead atoms. The van der Waals surface area contributed by atoms with Gasteiger partial charge in [0.15, 0.2) is 0 Å². The highest BCUT2D eigenvalue weighted by Crippen LogP contribution is 2.27. The van der Waals surface area contributed by atoms with Crippen LogP contribution in [0.25, 0.3) is 0 Å². The van der Waals surface area contributed by atoms with E-state index in [9.17, 15) is 10.1 Å². The molecule has 1 aliphatic heterocycles. The van der Waals surface area contributed by atoms with Crippen LogP contribution in [0.1, 0.15) is 63.5 Å². The van der Waals surface area contributed by atoms with Gasteiger partial charge in [-0.15, -0.1) is 10.2 Å². The zero-order chi connectivity index (χ0) is 17.0. The van der Waals surface area contributed by atoms with E-state index >= 15 is 0 Å². The van der Waals surface area contributed by atoms with Crippen molar-refractivity contribution in [3.05, 3.63) is 11.6 Å². The van der Waals surface area contributed by atoms with Crippen molar-refractivity contribution in [1.82, 2.24) is 25.4 Å². The van der Waals surface area contributed by atoms with Crippen molar-refractivity contribution in [1.29, 1.82) is 5.26 Å². The van der Waals surface area contributed by atoms with Crippen molar-refractivity contribution < 1.29 is 4.79 Å². The maximum atomic E-state index is 12.5. The Labute approximate surface area is 142 Å². The van der Waals surface area contributed by atoms with Gasteiger partial charge in [-0.05, 0) is 32.6 Å². The minimum Gasteiger partial charge on any atom is -0.336 e. The van der Waals surface area contributed by atoms with Gasteiger partial charge in [0.1, 0.15) is 17.2 Å². The summed E-state index contributed by atoms with van der Waals surface area (Å²) >= 11 is 0. The van der Waals surface area contributed by atoms with Gasteiger partial charge >= 0.3 is 0 Å². The highest BCUT2D eigenvalue weighted by atomic mass is 16.2. The largest absolute Gasteiger partial charge is 0.336 e. The number of hydrogen-bond acceptors (Lipinski definition) is 5. The minimum atomic E-state index is -0.681. The van der Waals surface area contributed by atoms with Gasteiger partial charge in [0.25, 0.3) is 0 Å². The molecule has 1 aliphatic carbocycles. The number of rotatable bonds is 5. The normalized spacial score (nSPS) is 20.7. The highest BCUT2D eigenvalue weighted by molar-refractivity contribution is 5.82. The van der Waals surface area contributed by atoms with E-state index in [1.807, 2.05) is 6.92 Å². The average molecular weight is 330 g/mol. The van der Waals surface area contributed by atoms with Crippen LogP contribution in [-0.4, -0.2) is 32.3 Å². The quantitative estimate of drug-likeness (QED) is 0.851. The Balaban J connectivity index is 1.55. The third kappa shape index (κ3) is 3.59. The molecular weight excluding hydrogens is 304 g/mol. The second kappa shape index (κ2) is 7.31. The van der Waals surface area contributed by atoms with Gasteiger partial charge in [-0.25, -0.2) is 0 Å². The van der Waals surface area contributed by atoms with Crippen LogP contribution in [0.2, 0.25) is 0 Å². The summed E-state index contributed by atoms with van der Waals surface area (Å²) in [4.78, 5) is 12.5. The Hall–Kier alpha value is -1.94. The molecule has 1 fully saturated rings. The molecule has 1 aromatic heterocycles. The first-order valence-corrected chi connectivity index (χ1v) is 9.01. The van der Waals surface area contributed by atoms with Crippen molar-refractivity contribution in [3.63, 3.8) is 0 Å². The van der Waals surface area contributed by atoms with Gasteiger partial charge in [-0.3, -0.25) is 10.1 Å². The molecule has 2 N–H and O–H groups in total. The number of aryl methyl sites for hydroxylation is 1. The van der Waals surface area contributed by atoms with Gasteiger partial charge in [0, 0.05) is 13.0 Å². The molecule has 130 valence electrons. The van der Waals surface area contributed by atoms with E-state index in [1.165, 1.54) is 6.42 Å². The lowest BCUT2D eigenvalue weighted by Gasteiger charge is -2.32. The van der Waals surface area contributed by atoms with Crippen molar-refractivity contribution >= 4 is 5.91 Å². The molecular formula is C17H26N6O. The first-order chi connectivity index (χ1) is 11.6. The Morgan fingerprint density at radius 3 is 2.83 bits per heavy atom. The van der Waals surface area contributed by atoms with Crippen LogP contribution < -0.4 is 10.6 Å². The molecule has 1 aromatic rings. The summed E-state index contributed by atoms with van der Waals surface area (Å²) in [7, 11) is 0. The number of nitriles is 1.